The Kier molecular flexibility index (Phi) is 3.33. The van der Waals surface area contributed by atoms with Gasteiger partial charge in [-0.1, -0.05) is 0 Å². The fraction of sp³-hybridized carbons (Fsp3) is 0.333. The maximum atomic E-state index is 11.0. The Morgan fingerprint density at radius 2 is 2.20 bits per heavy atom. The summed E-state index contributed by atoms with van der Waals surface area (Å²) in [5, 5.41) is 8.64. The average Bonchev–Trinajstić information content (AvgIpc) is 2.18. The third kappa shape index (κ3) is 3.01. The maximum Gasteiger partial charge on any atom is 0.407 e. The van der Waals surface area contributed by atoms with E-state index in [1.165, 1.54) is 20.2 Å². The van der Waals surface area contributed by atoms with Crippen LogP contribution in [0.4, 0.5) is 4.79 Å². The molecule has 1 N–H and O–H groups in total. The molecule has 1 heterocycles. The fourth-order valence-electron chi connectivity index (χ4n) is 0.964. The van der Waals surface area contributed by atoms with E-state index in [1.54, 1.807) is 6.07 Å². The van der Waals surface area contributed by atoms with Crippen molar-refractivity contribution >= 4 is 11.9 Å². The maximum absolute atomic E-state index is 11.0. The molecule has 80 valence electrons. The molecule has 0 spiro atoms. The lowest BCUT2D eigenvalue weighted by Crippen LogP contribution is -2.24. The zero-order valence-electron chi connectivity index (χ0n) is 8.47. The van der Waals surface area contributed by atoms with Gasteiger partial charge in [0.2, 0.25) is 0 Å². The van der Waals surface area contributed by atoms with Gasteiger partial charge in [-0.2, -0.15) is 0 Å². The first-order valence-corrected chi connectivity index (χ1v) is 4.27. The van der Waals surface area contributed by atoms with E-state index in [2.05, 4.69) is 9.97 Å². The van der Waals surface area contributed by atoms with Crippen molar-refractivity contribution in [2.75, 3.05) is 7.05 Å². The minimum absolute atomic E-state index is 0.103. The smallest absolute Gasteiger partial charge is 0.407 e. The van der Waals surface area contributed by atoms with Crippen LogP contribution in [0.25, 0.3) is 0 Å². The van der Waals surface area contributed by atoms with Crippen LogP contribution in [0, 0.1) is 0 Å². The van der Waals surface area contributed by atoms with E-state index in [4.69, 9.17) is 5.11 Å². The van der Waals surface area contributed by atoms with Crippen molar-refractivity contribution < 1.29 is 14.7 Å². The largest absolute Gasteiger partial charge is 0.465 e. The summed E-state index contributed by atoms with van der Waals surface area (Å²) in [5.41, 5.74) is 0.500. The lowest BCUT2D eigenvalue weighted by atomic mass is 10.3. The van der Waals surface area contributed by atoms with E-state index < -0.39 is 6.09 Å². The van der Waals surface area contributed by atoms with Crippen LogP contribution in [0.2, 0.25) is 0 Å². The number of aromatic nitrogens is 2. The number of rotatable bonds is 3. The summed E-state index contributed by atoms with van der Waals surface area (Å²) in [4.78, 5) is 30.3. The molecule has 0 saturated carbocycles. The molecule has 0 aliphatic rings. The summed E-state index contributed by atoms with van der Waals surface area (Å²) in [6.45, 7) is 1.50. The topological polar surface area (TPSA) is 83.4 Å². The van der Waals surface area contributed by atoms with Crippen LogP contribution in [0.15, 0.2) is 12.3 Å². The number of Topliss-reactive ketones (excluding diaryl/α,β-unsaturated/α-hetero) is 1. The van der Waals surface area contributed by atoms with Gasteiger partial charge < -0.3 is 10.0 Å². The molecule has 0 aliphatic heterocycles. The normalized spacial score (nSPS) is 9.73. The molecule has 1 amide bonds. The van der Waals surface area contributed by atoms with Gasteiger partial charge in [0, 0.05) is 20.2 Å². The van der Waals surface area contributed by atoms with Gasteiger partial charge in [-0.25, -0.2) is 14.8 Å². The van der Waals surface area contributed by atoms with Crippen molar-refractivity contribution in [2.24, 2.45) is 0 Å². The number of carbonyl (C=O) groups excluding carboxylic acids is 1. The summed E-state index contributed by atoms with van der Waals surface area (Å²) in [7, 11) is 1.43. The summed E-state index contributed by atoms with van der Waals surface area (Å²) < 4.78 is 0. The molecular formula is C9H11N3O3. The number of hydrogen-bond donors (Lipinski definition) is 1. The first-order chi connectivity index (χ1) is 7.00. The molecule has 0 atom stereocenters. The van der Waals surface area contributed by atoms with Gasteiger partial charge in [-0.3, -0.25) is 4.79 Å². The first kappa shape index (κ1) is 11.1. The Morgan fingerprint density at radius 3 is 2.73 bits per heavy atom. The Bertz CT molecular complexity index is 392. The highest BCUT2D eigenvalue weighted by atomic mass is 16.4. The number of carbonyl (C=O) groups is 2. The molecule has 0 bridgehead atoms. The molecule has 1 rings (SSSR count). The van der Waals surface area contributed by atoms with Crippen molar-refractivity contribution in [1.82, 2.24) is 14.9 Å². The zero-order valence-corrected chi connectivity index (χ0v) is 8.47. The number of hydrogen-bond acceptors (Lipinski definition) is 4. The fourth-order valence-corrected chi connectivity index (χ4v) is 0.964. The highest BCUT2D eigenvalue weighted by Crippen LogP contribution is 2.00. The van der Waals surface area contributed by atoms with Crippen LogP contribution in [0.1, 0.15) is 23.2 Å². The second-order valence-corrected chi connectivity index (χ2v) is 3.07. The standard InChI is InChI=1S/C9H11N3O3/c1-6(13)8-10-4-3-7(11-8)5-12(2)9(14)15/h3-4H,5H2,1-2H3,(H,14,15). The van der Waals surface area contributed by atoms with E-state index >= 15 is 0 Å². The molecule has 0 fully saturated rings. The molecule has 0 saturated heterocycles. The summed E-state index contributed by atoms with van der Waals surface area (Å²) >= 11 is 0. The van der Waals surface area contributed by atoms with Gasteiger partial charge in [-0.05, 0) is 6.07 Å². The Labute approximate surface area is 86.6 Å². The molecular weight excluding hydrogens is 198 g/mol. The molecule has 15 heavy (non-hydrogen) atoms. The molecule has 6 nitrogen and oxygen atoms in total. The molecule has 0 aliphatic carbocycles. The van der Waals surface area contributed by atoms with Crippen molar-refractivity contribution in [3.05, 3.63) is 23.8 Å². The molecule has 0 aromatic carbocycles. The minimum atomic E-state index is -1.04. The quantitative estimate of drug-likeness (QED) is 0.744. The predicted molar refractivity (Wildman–Crippen MR) is 51.5 cm³/mol. The van der Waals surface area contributed by atoms with E-state index in [0.717, 1.165) is 4.90 Å². The molecule has 1 aromatic rings. The zero-order chi connectivity index (χ0) is 11.4. The Morgan fingerprint density at radius 1 is 1.53 bits per heavy atom. The van der Waals surface area contributed by atoms with Gasteiger partial charge in [0.05, 0.1) is 12.2 Å². The third-order valence-electron chi connectivity index (χ3n) is 1.75. The van der Waals surface area contributed by atoms with Gasteiger partial charge in [0.1, 0.15) is 0 Å². The Hall–Kier alpha value is -1.98. The lowest BCUT2D eigenvalue weighted by molar-refractivity contribution is 0.100. The van der Waals surface area contributed by atoms with Crippen molar-refractivity contribution in [2.45, 2.75) is 13.5 Å². The van der Waals surface area contributed by atoms with Crippen LogP contribution in [0.3, 0.4) is 0 Å². The number of nitrogens with zero attached hydrogens (tertiary/aromatic N) is 3. The van der Waals surface area contributed by atoms with Crippen molar-refractivity contribution in [3.63, 3.8) is 0 Å². The van der Waals surface area contributed by atoms with Crippen LogP contribution in [-0.2, 0) is 6.54 Å². The molecule has 6 heteroatoms. The lowest BCUT2D eigenvalue weighted by Gasteiger charge is -2.11. The number of ketones is 1. The highest BCUT2D eigenvalue weighted by Gasteiger charge is 2.09. The Balaban J connectivity index is 2.82. The van der Waals surface area contributed by atoms with Gasteiger partial charge >= 0.3 is 6.09 Å². The SMILES string of the molecule is CC(=O)c1nccc(CN(C)C(=O)O)n1. The number of carboxylic acid groups (broad SMARTS) is 1. The minimum Gasteiger partial charge on any atom is -0.465 e. The van der Waals surface area contributed by atoms with Crippen LogP contribution < -0.4 is 0 Å². The van der Waals surface area contributed by atoms with Crippen molar-refractivity contribution in [1.29, 1.82) is 0 Å². The van der Waals surface area contributed by atoms with Gasteiger partial charge in [0.25, 0.3) is 0 Å². The second-order valence-electron chi connectivity index (χ2n) is 3.07. The second kappa shape index (κ2) is 4.50. The average molecular weight is 209 g/mol. The first-order valence-electron chi connectivity index (χ1n) is 4.27. The van der Waals surface area contributed by atoms with E-state index in [0.29, 0.717) is 5.69 Å². The predicted octanol–water partition coefficient (Wildman–Crippen LogP) is 0.789. The molecule has 0 radical (unpaired) electrons. The van der Waals surface area contributed by atoms with Gasteiger partial charge in [-0.15, -0.1) is 0 Å². The van der Waals surface area contributed by atoms with E-state index in [1.807, 2.05) is 0 Å². The summed E-state index contributed by atoms with van der Waals surface area (Å²) in [6.07, 6.45) is 0.396. The van der Waals surface area contributed by atoms with Crippen molar-refractivity contribution in [3.8, 4) is 0 Å². The molecule has 0 unspecified atom stereocenters. The van der Waals surface area contributed by atoms with E-state index in [-0.39, 0.29) is 18.2 Å². The summed E-state index contributed by atoms with van der Waals surface area (Å²) in [6, 6.07) is 1.58. The third-order valence-corrected chi connectivity index (χ3v) is 1.75. The monoisotopic (exact) mass is 209 g/mol. The summed E-state index contributed by atoms with van der Waals surface area (Å²) in [5.74, 6) is -0.138. The van der Waals surface area contributed by atoms with Crippen LogP contribution >= 0.6 is 0 Å². The van der Waals surface area contributed by atoms with Crippen LogP contribution in [0.5, 0.6) is 0 Å². The highest BCUT2D eigenvalue weighted by molar-refractivity contribution is 5.90. The molecule has 1 aromatic heterocycles. The van der Waals surface area contributed by atoms with Gasteiger partial charge in [0.15, 0.2) is 11.6 Å². The van der Waals surface area contributed by atoms with E-state index in [9.17, 15) is 9.59 Å². The number of amides is 1. The van der Waals surface area contributed by atoms with Crippen LogP contribution in [-0.4, -0.2) is 38.9 Å².